The zero-order valence-electron chi connectivity index (χ0n) is 16.5. The summed E-state index contributed by atoms with van der Waals surface area (Å²) >= 11 is -2.87. The Labute approximate surface area is 189 Å². The number of fused-ring (bicyclic) bond motifs is 2. The maximum atomic E-state index is 13.3. The molecule has 5 heteroatoms. The summed E-state index contributed by atoms with van der Waals surface area (Å²) in [6.07, 6.45) is 0. The number of halogens is 1. The second-order valence-corrected chi connectivity index (χ2v) is 13.3. The van der Waals surface area contributed by atoms with Crippen molar-refractivity contribution < 1.29 is 31.2 Å². The van der Waals surface area contributed by atoms with Crippen molar-refractivity contribution in [1.82, 2.24) is 0 Å². The van der Waals surface area contributed by atoms with Crippen molar-refractivity contribution in [2.45, 2.75) is 4.90 Å². The summed E-state index contributed by atoms with van der Waals surface area (Å²) in [6, 6.07) is 36.6. The minimum atomic E-state index is -3.92. The predicted octanol–water partition coefficient (Wildman–Crippen LogP) is 2.98. The van der Waals surface area contributed by atoms with Crippen LogP contribution in [-0.2, 0) is 12.6 Å². The molecule has 153 valence electrons. The minimum Gasteiger partial charge on any atom is -0.190 e. The molecular formula is C26H19IO3S+. The smallest absolute Gasteiger partial charge is 0.190 e. The van der Waals surface area contributed by atoms with Crippen molar-refractivity contribution in [3.8, 4) is 0 Å². The van der Waals surface area contributed by atoms with Gasteiger partial charge >= 0.3 is 30.4 Å². The third-order valence-electron chi connectivity index (χ3n) is 5.02. The summed E-state index contributed by atoms with van der Waals surface area (Å²) in [4.78, 5) is 0.178. The van der Waals surface area contributed by atoms with E-state index in [-0.39, 0.29) is 4.90 Å². The fourth-order valence-corrected chi connectivity index (χ4v) is 11.4. The molecule has 0 atom stereocenters. The molecule has 0 aliphatic carbocycles. The first-order valence-corrected chi connectivity index (χ1v) is 14.2. The summed E-state index contributed by atoms with van der Waals surface area (Å²) in [7, 11) is -3.92. The monoisotopic (exact) mass is 538 g/mol. The van der Waals surface area contributed by atoms with Crippen LogP contribution >= 0.6 is 0 Å². The van der Waals surface area contributed by atoms with Gasteiger partial charge in [-0.1, -0.05) is 78.9 Å². The Morgan fingerprint density at radius 1 is 0.516 bits per heavy atom. The average molecular weight is 538 g/mol. The number of hydrogen-bond acceptors (Lipinski definition) is 3. The standard InChI is InChI=1S/C26H19IO3S/c28-31(29,22-14-2-1-3-15-22)30-27(25-18-8-12-20-10-4-6-16-23(20)25)26-19-9-13-21-11-5-7-17-24(21)26/h1-19H/q+1. The third-order valence-corrected chi connectivity index (χ3v) is 12.7. The SMILES string of the molecule is O=S(=O)(O[I+](c1cccc2ccccc12)c1cccc2ccccc12)c1ccccc1. The van der Waals surface area contributed by atoms with E-state index in [0.717, 1.165) is 28.7 Å². The lowest BCUT2D eigenvalue weighted by Gasteiger charge is -2.10. The molecule has 31 heavy (non-hydrogen) atoms. The molecule has 5 aromatic carbocycles. The summed E-state index contributed by atoms with van der Waals surface area (Å²) in [5.41, 5.74) is 0. The van der Waals surface area contributed by atoms with Gasteiger partial charge in [-0.05, 0) is 49.7 Å². The van der Waals surface area contributed by atoms with E-state index in [1.54, 1.807) is 30.3 Å². The van der Waals surface area contributed by atoms with Crippen molar-refractivity contribution in [1.29, 1.82) is 0 Å². The zero-order chi connectivity index (χ0) is 21.3. The van der Waals surface area contributed by atoms with E-state index in [9.17, 15) is 8.42 Å². The molecule has 0 saturated carbocycles. The van der Waals surface area contributed by atoms with Crippen LogP contribution in [0.1, 0.15) is 0 Å². The number of benzene rings is 5. The highest BCUT2D eigenvalue weighted by molar-refractivity contribution is 7.86. The highest BCUT2D eigenvalue weighted by atomic mass is 127. The van der Waals surface area contributed by atoms with Crippen molar-refractivity contribution >= 4 is 31.7 Å². The first-order chi connectivity index (χ1) is 15.1. The van der Waals surface area contributed by atoms with Gasteiger partial charge in [-0.3, -0.25) is 0 Å². The van der Waals surface area contributed by atoms with Gasteiger partial charge in [-0.2, -0.15) is 8.42 Å². The molecule has 0 spiro atoms. The molecule has 0 aromatic heterocycles. The highest BCUT2D eigenvalue weighted by Gasteiger charge is 2.40. The van der Waals surface area contributed by atoms with Gasteiger partial charge in [0.25, 0.3) is 0 Å². The van der Waals surface area contributed by atoms with E-state index in [0.29, 0.717) is 0 Å². The van der Waals surface area contributed by atoms with Gasteiger partial charge in [0.15, 0.2) is 7.14 Å². The van der Waals surface area contributed by atoms with Crippen molar-refractivity contribution in [2.75, 3.05) is 0 Å². The second kappa shape index (κ2) is 8.42. The van der Waals surface area contributed by atoms with Crippen LogP contribution in [0.2, 0.25) is 0 Å². The minimum absolute atomic E-state index is 0.178. The Bertz CT molecular complexity index is 1390. The first kappa shape index (κ1) is 20.2. The topological polar surface area (TPSA) is 43.4 Å². The maximum absolute atomic E-state index is 13.3. The van der Waals surface area contributed by atoms with Crippen LogP contribution in [0.4, 0.5) is 0 Å². The molecule has 0 unspecified atom stereocenters. The lowest BCUT2D eigenvalue weighted by molar-refractivity contribution is -1.03. The molecular weight excluding hydrogens is 519 g/mol. The van der Waals surface area contributed by atoms with E-state index in [1.807, 2.05) is 84.9 Å². The Balaban J connectivity index is 1.75. The van der Waals surface area contributed by atoms with Crippen LogP contribution < -0.4 is 20.2 Å². The third kappa shape index (κ3) is 3.96. The maximum Gasteiger partial charge on any atom is 0.336 e. The van der Waals surface area contributed by atoms with Crippen LogP contribution in [0.25, 0.3) is 21.5 Å². The molecule has 0 aliphatic heterocycles. The Kier molecular flexibility index (Phi) is 5.48. The van der Waals surface area contributed by atoms with E-state index >= 15 is 0 Å². The molecule has 0 heterocycles. The summed E-state index contributed by atoms with van der Waals surface area (Å²) < 4.78 is 34.6. The average Bonchev–Trinajstić information content (AvgIpc) is 2.82. The lowest BCUT2D eigenvalue weighted by atomic mass is 10.1. The molecule has 0 bridgehead atoms. The highest BCUT2D eigenvalue weighted by Crippen LogP contribution is 2.16. The Morgan fingerprint density at radius 3 is 1.52 bits per heavy atom. The van der Waals surface area contributed by atoms with Gasteiger partial charge in [0.2, 0.25) is 0 Å². The van der Waals surface area contributed by atoms with Crippen LogP contribution in [-0.4, -0.2) is 8.42 Å². The summed E-state index contributed by atoms with van der Waals surface area (Å²) in [6.45, 7) is 0. The van der Waals surface area contributed by atoms with Gasteiger partial charge in [0.05, 0.1) is 4.90 Å². The molecule has 1 radical (unpaired) electrons. The molecule has 0 amide bonds. The lowest BCUT2D eigenvalue weighted by Crippen LogP contribution is -3.85. The Hall–Kier alpha value is -2.74. The fourth-order valence-electron chi connectivity index (χ4n) is 3.56. The van der Waals surface area contributed by atoms with Gasteiger partial charge in [0, 0.05) is 10.8 Å². The van der Waals surface area contributed by atoms with E-state index < -0.39 is 30.4 Å². The Morgan fingerprint density at radius 2 is 0.968 bits per heavy atom. The molecule has 3 nitrogen and oxygen atoms in total. The molecule has 0 saturated heterocycles. The van der Waals surface area contributed by atoms with Crippen molar-refractivity contribution in [2.24, 2.45) is 0 Å². The van der Waals surface area contributed by atoms with Gasteiger partial charge < -0.3 is 0 Å². The van der Waals surface area contributed by atoms with Gasteiger partial charge in [-0.25, -0.2) is 0 Å². The quantitative estimate of drug-likeness (QED) is 0.324. The molecule has 0 aliphatic rings. The van der Waals surface area contributed by atoms with E-state index in [2.05, 4.69) is 0 Å². The molecule has 5 aromatic rings. The molecule has 0 N–H and O–H groups in total. The first-order valence-electron chi connectivity index (χ1n) is 9.79. The van der Waals surface area contributed by atoms with Crippen molar-refractivity contribution in [3.05, 3.63) is 122 Å². The normalized spacial score (nSPS) is 11.9. The predicted molar refractivity (Wildman–Crippen MR) is 120 cm³/mol. The number of rotatable bonds is 5. The zero-order valence-corrected chi connectivity index (χ0v) is 19.5. The molecule has 0 fully saturated rings. The largest absolute Gasteiger partial charge is 0.336 e. The van der Waals surface area contributed by atoms with Crippen LogP contribution in [0.5, 0.6) is 0 Å². The van der Waals surface area contributed by atoms with Crippen LogP contribution in [0, 0.1) is 7.14 Å². The number of hydrogen-bond donors (Lipinski definition) is 0. The van der Waals surface area contributed by atoms with E-state index in [1.165, 1.54) is 0 Å². The van der Waals surface area contributed by atoms with Gasteiger partial charge in [0.1, 0.15) is 0 Å². The van der Waals surface area contributed by atoms with Crippen LogP contribution in [0.3, 0.4) is 0 Å². The van der Waals surface area contributed by atoms with Crippen LogP contribution in [0.15, 0.2) is 120 Å². The summed E-state index contributed by atoms with van der Waals surface area (Å²) in [5.74, 6) is 0. The molecule has 5 rings (SSSR count). The van der Waals surface area contributed by atoms with E-state index in [4.69, 9.17) is 2.51 Å². The second-order valence-electron chi connectivity index (χ2n) is 7.00. The summed E-state index contributed by atoms with van der Waals surface area (Å²) in [5, 5.41) is 4.21. The van der Waals surface area contributed by atoms with Crippen molar-refractivity contribution in [3.63, 3.8) is 0 Å². The van der Waals surface area contributed by atoms with Gasteiger partial charge in [-0.15, -0.1) is 0 Å². The fraction of sp³-hybridized carbons (Fsp3) is 0.